The number of hydrogen-bond acceptors (Lipinski definition) is 7. The van der Waals surface area contributed by atoms with E-state index in [1.807, 2.05) is 24.3 Å². The van der Waals surface area contributed by atoms with E-state index in [1.54, 1.807) is 48.1 Å². The third-order valence-electron chi connectivity index (χ3n) is 5.30. The molecule has 38 heavy (non-hydrogen) atoms. The maximum absolute atomic E-state index is 12.5. The van der Waals surface area contributed by atoms with Gasteiger partial charge in [0.2, 0.25) is 5.91 Å². The number of aromatic nitrogens is 3. The fourth-order valence-electron chi connectivity index (χ4n) is 3.43. The van der Waals surface area contributed by atoms with Gasteiger partial charge in [0.25, 0.3) is 5.69 Å². The number of carbonyl (C=O) groups is 1. The maximum Gasteiger partial charge on any atom is 0.269 e. The molecule has 3 aromatic carbocycles. The topological polar surface area (TPSA) is 112 Å². The first-order valence-corrected chi connectivity index (χ1v) is 12.9. The summed E-state index contributed by atoms with van der Waals surface area (Å²) in [7, 11) is 1.62. The van der Waals surface area contributed by atoms with Crippen molar-refractivity contribution in [3.8, 4) is 11.4 Å². The second kappa shape index (κ2) is 12.6. The van der Waals surface area contributed by atoms with Crippen LogP contribution in [0, 0.1) is 10.1 Å². The summed E-state index contributed by atoms with van der Waals surface area (Å²) < 4.78 is 7.08. The summed E-state index contributed by atoms with van der Waals surface area (Å²) in [6.45, 7) is 0.0785. The van der Waals surface area contributed by atoms with Crippen LogP contribution in [0.3, 0.4) is 0 Å². The summed E-state index contributed by atoms with van der Waals surface area (Å²) in [5.74, 6) is 1.46. The first-order valence-electron chi connectivity index (χ1n) is 11.2. The lowest BCUT2D eigenvalue weighted by Gasteiger charge is -2.12. The minimum absolute atomic E-state index is 0.0214. The molecule has 4 aromatic rings. The van der Waals surface area contributed by atoms with Crippen LogP contribution in [-0.2, 0) is 17.1 Å². The number of nitrogens with zero attached hydrogens (tertiary/aromatic N) is 4. The van der Waals surface area contributed by atoms with Crippen molar-refractivity contribution in [1.82, 2.24) is 20.1 Å². The van der Waals surface area contributed by atoms with E-state index in [1.165, 1.54) is 30.0 Å². The van der Waals surface area contributed by atoms with Gasteiger partial charge in [-0.2, -0.15) is 0 Å². The van der Waals surface area contributed by atoms with Gasteiger partial charge in [-0.3, -0.25) is 19.5 Å². The average Bonchev–Trinajstić information content (AvgIpc) is 3.32. The van der Waals surface area contributed by atoms with Gasteiger partial charge < -0.3 is 10.1 Å². The molecule has 1 amide bonds. The minimum Gasteiger partial charge on any atom is -0.497 e. The zero-order valence-electron chi connectivity index (χ0n) is 20.0. The number of halogens is 2. The van der Waals surface area contributed by atoms with Crippen LogP contribution in [-0.4, -0.2) is 32.7 Å². The molecule has 0 fully saturated rings. The molecule has 1 N–H and O–H groups in total. The van der Waals surface area contributed by atoms with Crippen molar-refractivity contribution in [2.45, 2.75) is 17.5 Å². The molecule has 0 unspecified atom stereocenters. The van der Waals surface area contributed by atoms with E-state index < -0.39 is 4.92 Å². The molecule has 0 atom stereocenters. The van der Waals surface area contributed by atoms with Gasteiger partial charge in [0.05, 0.1) is 29.3 Å². The number of amides is 1. The molecule has 194 valence electrons. The first-order chi connectivity index (χ1) is 18.3. The first kappa shape index (κ1) is 27.2. The van der Waals surface area contributed by atoms with Crippen LogP contribution in [0.4, 0.5) is 5.69 Å². The third kappa shape index (κ3) is 6.91. The third-order valence-corrected chi connectivity index (χ3v) is 6.84. The normalized spacial score (nSPS) is 11.0. The van der Waals surface area contributed by atoms with Crippen LogP contribution in [0.15, 0.2) is 78.0 Å². The number of methoxy groups -OCH3 is 1. The van der Waals surface area contributed by atoms with E-state index in [0.29, 0.717) is 38.0 Å². The summed E-state index contributed by atoms with van der Waals surface area (Å²) in [4.78, 5) is 22.8. The fourth-order valence-corrected chi connectivity index (χ4v) is 4.83. The molecule has 0 saturated heterocycles. The molecule has 1 aromatic heterocycles. The second-order valence-electron chi connectivity index (χ2n) is 7.87. The molecule has 0 aliphatic rings. The Labute approximate surface area is 232 Å². The van der Waals surface area contributed by atoms with E-state index >= 15 is 0 Å². The van der Waals surface area contributed by atoms with Crippen LogP contribution in [0.1, 0.15) is 17.0 Å². The average molecular weight is 570 g/mol. The summed E-state index contributed by atoms with van der Waals surface area (Å²) in [6, 6.07) is 18.7. The number of nitrogens with one attached hydrogen (secondary N) is 1. The maximum atomic E-state index is 12.5. The zero-order chi connectivity index (χ0) is 27.1. The Hall–Kier alpha value is -3.86. The summed E-state index contributed by atoms with van der Waals surface area (Å²) >= 11 is 14.1. The van der Waals surface area contributed by atoms with Crippen molar-refractivity contribution in [2.24, 2.45) is 0 Å². The Morgan fingerprint density at radius 3 is 2.63 bits per heavy atom. The Kier molecular flexibility index (Phi) is 9.01. The number of hydrogen-bond donors (Lipinski definition) is 1. The number of rotatable bonds is 10. The summed E-state index contributed by atoms with van der Waals surface area (Å²) in [5.41, 5.74) is 2.29. The standard InChI is InChI=1S/C26H21Cl2N5O4S/c1-37-21-4-2-3-18(13-21)16-38-26-31-30-24(32(26)23-11-8-19(27)14-22(23)28)15-29-25(34)12-7-17-5-9-20(10-6-17)33(35)36/h2-14H,15-16H2,1H3,(H,29,34)/b12-7+. The molecule has 0 aliphatic carbocycles. The highest BCUT2D eigenvalue weighted by molar-refractivity contribution is 7.98. The molecule has 0 saturated carbocycles. The van der Waals surface area contributed by atoms with E-state index in [0.717, 1.165) is 11.3 Å². The number of ether oxygens (including phenoxy) is 1. The Morgan fingerprint density at radius 1 is 1.13 bits per heavy atom. The molecule has 0 bridgehead atoms. The van der Waals surface area contributed by atoms with Crippen LogP contribution >= 0.6 is 35.0 Å². The quantitative estimate of drug-likeness (QED) is 0.106. The molecule has 0 aliphatic heterocycles. The molecule has 12 heteroatoms. The number of thioether (sulfide) groups is 1. The molecular weight excluding hydrogens is 549 g/mol. The molecule has 0 spiro atoms. The smallest absolute Gasteiger partial charge is 0.269 e. The molecule has 9 nitrogen and oxygen atoms in total. The van der Waals surface area contributed by atoms with E-state index in [4.69, 9.17) is 27.9 Å². The monoisotopic (exact) mass is 569 g/mol. The lowest BCUT2D eigenvalue weighted by molar-refractivity contribution is -0.384. The predicted molar refractivity (Wildman–Crippen MR) is 148 cm³/mol. The van der Waals surface area contributed by atoms with Gasteiger partial charge in [-0.15, -0.1) is 10.2 Å². The Bertz CT molecular complexity index is 1490. The second-order valence-corrected chi connectivity index (χ2v) is 9.66. The van der Waals surface area contributed by atoms with E-state index in [2.05, 4.69) is 15.5 Å². The largest absolute Gasteiger partial charge is 0.497 e. The van der Waals surface area contributed by atoms with E-state index in [-0.39, 0.29) is 18.1 Å². The van der Waals surface area contributed by atoms with Gasteiger partial charge in [0, 0.05) is 29.0 Å². The van der Waals surface area contributed by atoms with Crippen molar-refractivity contribution in [1.29, 1.82) is 0 Å². The van der Waals surface area contributed by atoms with Gasteiger partial charge in [0.1, 0.15) is 5.75 Å². The van der Waals surface area contributed by atoms with Crippen LogP contribution in [0.25, 0.3) is 11.8 Å². The number of nitro benzene ring substituents is 1. The minimum atomic E-state index is -0.480. The van der Waals surface area contributed by atoms with Gasteiger partial charge in [-0.1, -0.05) is 47.1 Å². The zero-order valence-corrected chi connectivity index (χ0v) is 22.3. The highest BCUT2D eigenvalue weighted by atomic mass is 35.5. The lowest BCUT2D eigenvalue weighted by Crippen LogP contribution is -2.22. The molecular formula is C26H21Cl2N5O4S. The van der Waals surface area contributed by atoms with Crippen molar-refractivity contribution in [3.63, 3.8) is 0 Å². The molecule has 0 radical (unpaired) electrons. The Morgan fingerprint density at radius 2 is 1.92 bits per heavy atom. The number of non-ortho nitro benzene ring substituents is 1. The fraction of sp³-hybridized carbons (Fsp3) is 0.115. The van der Waals surface area contributed by atoms with Gasteiger partial charge in [-0.25, -0.2) is 0 Å². The van der Waals surface area contributed by atoms with Crippen molar-refractivity contribution in [3.05, 3.63) is 110 Å². The molecule has 1 heterocycles. The lowest BCUT2D eigenvalue weighted by atomic mass is 10.2. The number of benzene rings is 3. The van der Waals surface area contributed by atoms with Gasteiger partial charge in [-0.05, 0) is 59.7 Å². The van der Waals surface area contributed by atoms with Crippen molar-refractivity contribution >= 4 is 52.6 Å². The molecule has 4 rings (SSSR count). The van der Waals surface area contributed by atoms with Crippen molar-refractivity contribution < 1.29 is 14.5 Å². The summed E-state index contributed by atoms with van der Waals surface area (Å²) in [6.07, 6.45) is 2.91. The highest BCUT2D eigenvalue weighted by Crippen LogP contribution is 2.31. The SMILES string of the molecule is COc1cccc(CSc2nnc(CNC(=O)/C=C/c3ccc([N+](=O)[O-])cc3)n2-c2ccc(Cl)cc2Cl)c1. The number of carbonyl (C=O) groups excluding carboxylic acids is 1. The Balaban J connectivity index is 1.51. The van der Waals surface area contributed by atoms with Gasteiger partial charge >= 0.3 is 0 Å². The summed E-state index contributed by atoms with van der Waals surface area (Å²) in [5, 5.41) is 23.7. The van der Waals surface area contributed by atoms with Crippen LogP contribution < -0.4 is 10.1 Å². The van der Waals surface area contributed by atoms with Crippen LogP contribution in [0.2, 0.25) is 10.0 Å². The van der Waals surface area contributed by atoms with Crippen molar-refractivity contribution in [2.75, 3.05) is 7.11 Å². The van der Waals surface area contributed by atoms with Gasteiger partial charge in [0.15, 0.2) is 11.0 Å². The predicted octanol–water partition coefficient (Wildman–Crippen LogP) is 6.11. The van der Waals surface area contributed by atoms with E-state index in [9.17, 15) is 14.9 Å². The number of nitro groups is 1. The highest BCUT2D eigenvalue weighted by Gasteiger charge is 2.18. The van der Waals surface area contributed by atoms with Crippen LogP contribution in [0.5, 0.6) is 5.75 Å².